The molecule has 0 saturated heterocycles. The zero-order valence-corrected chi connectivity index (χ0v) is 27.0. The van der Waals surface area contributed by atoms with Crippen LogP contribution < -0.4 is 14.2 Å². The number of rotatable bonds is 16. The second-order valence-corrected chi connectivity index (χ2v) is 12.6. The van der Waals surface area contributed by atoms with Gasteiger partial charge in [0.2, 0.25) is 0 Å². The molecule has 0 unspecified atom stereocenters. The van der Waals surface area contributed by atoms with Gasteiger partial charge in [-0.25, -0.2) is 8.78 Å². The fraction of sp³-hybridized carbons (Fsp3) is 0.297. The molecule has 5 rings (SSSR count). The molecule has 1 fully saturated rings. The maximum Gasteiger partial charge on any atom is 0.185 e. The highest BCUT2D eigenvalue weighted by Gasteiger charge is 2.54. The number of thioether (sulfide) groups is 1. The Kier molecular flexibility index (Phi) is 11.0. The molecule has 0 radical (unpaired) electrons. The lowest BCUT2D eigenvalue weighted by molar-refractivity contribution is -0.133. The molecule has 0 aliphatic heterocycles. The number of pyridine rings is 1. The molecule has 1 heterocycles. The summed E-state index contributed by atoms with van der Waals surface area (Å²) < 4.78 is 46.0. The molecule has 7 nitrogen and oxygen atoms in total. The van der Waals surface area contributed by atoms with E-state index in [4.69, 9.17) is 14.2 Å². The third kappa shape index (κ3) is 8.62. The maximum absolute atomic E-state index is 15.3. The van der Waals surface area contributed by atoms with Gasteiger partial charge < -0.3 is 14.2 Å². The molecule has 0 spiro atoms. The molecule has 1 saturated carbocycles. The first-order valence-corrected chi connectivity index (χ1v) is 16.3. The van der Waals surface area contributed by atoms with Crippen LogP contribution in [0.4, 0.5) is 8.78 Å². The van der Waals surface area contributed by atoms with Crippen molar-refractivity contribution in [3.05, 3.63) is 102 Å². The molecule has 0 N–H and O–H groups in total. The van der Waals surface area contributed by atoms with E-state index in [-0.39, 0.29) is 35.3 Å². The van der Waals surface area contributed by atoms with Crippen LogP contribution in [0.2, 0.25) is 0 Å². The normalized spacial score (nSPS) is 13.4. The molecule has 1 aliphatic rings. The topological polar surface area (TPSA) is 91.8 Å². The minimum absolute atomic E-state index is 0.0324. The summed E-state index contributed by atoms with van der Waals surface area (Å²) in [5, 5.41) is 0.700. The van der Waals surface area contributed by atoms with E-state index >= 15 is 4.39 Å². The first-order valence-electron chi connectivity index (χ1n) is 15.3. The Balaban J connectivity index is 1.22. The summed E-state index contributed by atoms with van der Waals surface area (Å²) in [6, 6.07) is 15.1. The lowest BCUT2D eigenvalue weighted by atomic mass is 9.88. The van der Waals surface area contributed by atoms with Crippen molar-refractivity contribution in [1.82, 2.24) is 4.98 Å². The first kappa shape index (κ1) is 33.8. The number of halogens is 2. The number of hydrogen-bond acceptors (Lipinski definition) is 8. The van der Waals surface area contributed by atoms with Crippen molar-refractivity contribution in [2.24, 2.45) is 5.41 Å². The van der Waals surface area contributed by atoms with Crippen LogP contribution >= 0.6 is 11.8 Å². The second-order valence-electron chi connectivity index (χ2n) is 11.3. The highest BCUT2D eigenvalue weighted by molar-refractivity contribution is 8.13. The van der Waals surface area contributed by atoms with Crippen molar-refractivity contribution in [2.75, 3.05) is 19.5 Å². The average molecular weight is 660 g/mol. The summed E-state index contributed by atoms with van der Waals surface area (Å²) in [7, 11) is 1.53. The standard InChI is InChI=1S/C37H35F2NO6S/c1-24(41)47-18-6-4-3-5-17-45-34-23-30-28(22-33(34)44-2)31(13-16-40-30)46-32-12-9-26(19-29(32)39)21-36(43)37(14-15-37)35(42)20-25-7-10-27(38)11-8-25/h3-4,7-13,16,19,22-23H,5-6,14-15,17-18,20-21H2,1-2H3/b4-3+. The van der Waals surface area contributed by atoms with Crippen molar-refractivity contribution in [2.45, 2.75) is 45.4 Å². The van der Waals surface area contributed by atoms with Crippen LogP contribution in [-0.4, -0.2) is 41.1 Å². The fourth-order valence-electron chi connectivity index (χ4n) is 5.24. The largest absolute Gasteiger partial charge is 0.493 e. The number of ketones is 2. The molecule has 4 aromatic rings. The van der Waals surface area contributed by atoms with Gasteiger partial charge in [-0.1, -0.05) is 42.1 Å². The van der Waals surface area contributed by atoms with Crippen LogP contribution in [0.15, 0.2) is 79.0 Å². The van der Waals surface area contributed by atoms with E-state index in [1.807, 2.05) is 12.2 Å². The van der Waals surface area contributed by atoms with Gasteiger partial charge in [0.25, 0.3) is 0 Å². The van der Waals surface area contributed by atoms with Gasteiger partial charge in [0.1, 0.15) is 11.6 Å². The van der Waals surface area contributed by atoms with Crippen molar-refractivity contribution < 1.29 is 37.4 Å². The molecular weight excluding hydrogens is 624 g/mol. The summed E-state index contributed by atoms with van der Waals surface area (Å²) in [5.74, 6) is 0.565. The number of fused-ring (bicyclic) bond motifs is 1. The second kappa shape index (κ2) is 15.3. The van der Waals surface area contributed by atoms with Crippen LogP contribution in [-0.2, 0) is 27.2 Å². The van der Waals surface area contributed by atoms with Gasteiger partial charge in [-0.05, 0) is 73.2 Å². The molecule has 0 atom stereocenters. The smallest absolute Gasteiger partial charge is 0.185 e. The number of Topliss-reactive ketones (excluding diaryl/α,β-unsaturated/α-hetero) is 2. The van der Waals surface area contributed by atoms with E-state index in [1.54, 1.807) is 49.5 Å². The van der Waals surface area contributed by atoms with Crippen molar-refractivity contribution in [3.8, 4) is 23.0 Å². The van der Waals surface area contributed by atoms with E-state index in [0.717, 1.165) is 12.2 Å². The van der Waals surface area contributed by atoms with Crippen LogP contribution in [0, 0.1) is 17.0 Å². The number of aromatic nitrogens is 1. The number of ether oxygens (including phenoxy) is 3. The minimum Gasteiger partial charge on any atom is -0.493 e. The minimum atomic E-state index is -1.06. The maximum atomic E-state index is 15.3. The van der Waals surface area contributed by atoms with E-state index in [2.05, 4.69) is 4.98 Å². The van der Waals surface area contributed by atoms with Crippen molar-refractivity contribution in [1.29, 1.82) is 0 Å². The van der Waals surface area contributed by atoms with Gasteiger partial charge in [0, 0.05) is 43.2 Å². The van der Waals surface area contributed by atoms with Gasteiger partial charge in [-0.2, -0.15) is 0 Å². The molecule has 3 aromatic carbocycles. The van der Waals surface area contributed by atoms with E-state index < -0.39 is 17.0 Å². The van der Waals surface area contributed by atoms with Gasteiger partial charge in [0.15, 0.2) is 39.7 Å². The van der Waals surface area contributed by atoms with Crippen LogP contribution in [0.25, 0.3) is 10.9 Å². The predicted octanol–water partition coefficient (Wildman–Crippen LogP) is 8.01. The van der Waals surface area contributed by atoms with Gasteiger partial charge in [-0.15, -0.1) is 0 Å². The summed E-state index contributed by atoms with van der Waals surface area (Å²) in [5.41, 5.74) is 0.589. The van der Waals surface area contributed by atoms with Crippen LogP contribution in [0.3, 0.4) is 0 Å². The third-order valence-corrected chi connectivity index (χ3v) is 8.81. The zero-order valence-electron chi connectivity index (χ0n) is 26.2. The zero-order chi connectivity index (χ0) is 33.4. The number of carbonyl (C=O) groups excluding carboxylic acids is 3. The summed E-state index contributed by atoms with van der Waals surface area (Å²) in [4.78, 5) is 41.6. The monoisotopic (exact) mass is 659 g/mol. The Morgan fingerprint density at radius 1 is 0.851 bits per heavy atom. The Hall–Kier alpha value is -4.57. The Labute approximate surface area is 276 Å². The third-order valence-electron chi connectivity index (χ3n) is 7.96. The molecule has 244 valence electrons. The number of hydrogen-bond donors (Lipinski definition) is 0. The number of methoxy groups -OCH3 is 1. The Morgan fingerprint density at radius 3 is 2.23 bits per heavy atom. The Bertz CT molecular complexity index is 1800. The van der Waals surface area contributed by atoms with E-state index in [1.165, 1.54) is 43.1 Å². The molecule has 47 heavy (non-hydrogen) atoms. The average Bonchev–Trinajstić information content (AvgIpc) is 3.87. The molecule has 0 amide bonds. The summed E-state index contributed by atoms with van der Waals surface area (Å²) >= 11 is 1.30. The van der Waals surface area contributed by atoms with Crippen LogP contribution in [0.1, 0.15) is 43.7 Å². The first-order chi connectivity index (χ1) is 22.7. The van der Waals surface area contributed by atoms with E-state index in [9.17, 15) is 18.8 Å². The molecule has 10 heteroatoms. The van der Waals surface area contributed by atoms with Crippen LogP contribution in [0.5, 0.6) is 23.0 Å². The number of nitrogens with zero attached hydrogens (tertiary/aromatic N) is 1. The number of carbonyl (C=O) groups is 3. The highest BCUT2D eigenvalue weighted by Crippen LogP contribution is 2.49. The quantitative estimate of drug-likeness (QED) is 0.0679. The molecule has 0 bridgehead atoms. The SMILES string of the molecule is COc1cc2c(Oc3ccc(CC(=O)C4(C(=O)Cc5ccc(F)cc5)CC4)cc3F)ccnc2cc1OCC/C=C/CCSC(C)=O. The summed E-state index contributed by atoms with van der Waals surface area (Å²) in [6.45, 7) is 1.97. The predicted molar refractivity (Wildman–Crippen MR) is 177 cm³/mol. The molecule has 1 aromatic heterocycles. The highest BCUT2D eigenvalue weighted by atomic mass is 32.2. The number of benzene rings is 3. The number of allylic oxidation sites excluding steroid dienone is 1. The molecular formula is C37H35F2NO6S. The van der Waals surface area contributed by atoms with Gasteiger partial charge >= 0.3 is 0 Å². The van der Waals surface area contributed by atoms with Crippen molar-refractivity contribution >= 4 is 39.3 Å². The fourth-order valence-corrected chi connectivity index (χ4v) is 5.78. The lowest BCUT2D eigenvalue weighted by Gasteiger charge is -2.15. The van der Waals surface area contributed by atoms with E-state index in [0.29, 0.717) is 65.1 Å². The van der Waals surface area contributed by atoms with Gasteiger partial charge in [0.05, 0.1) is 24.6 Å². The van der Waals surface area contributed by atoms with Crippen molar-refractivity contribution in [3.63, 3.8) is 0 Å². The lowest BCUT2D eigenvalue weighted by Crippen LogP contribution is -2.28. The Morgan fingerprint density at radius 2 is 1.55 bits per heavy atom. The van der Waals surface area contributed by atoms with Gasteiger partial charge in [-0.3, -0.25) is 19.4 Å². The summed E-state index contributed by atoms with van der Waals surface area (Å²) in [6.07, 6.45) is 7.95. The molecule has 1 aliphatic carbocycles.